The highest BCUT2D eigenvalue weighted by molar-refractivity contribution is 14.1. The van der Waals surface area contributed by atoms with Crippen LogP contribution in [0.1, 0.15) is 18.9 Å². The molecule has 1 aliphatic rings. The molecule has 0 aromatic heterocycles. The largest absolute Gasteiger partial charge is 0.480 e. The fourth-order valence-electron chi connectivity index (χ4n) is 2.06. The van der Waals surface area contributed by atoms with Gasteiger partial charge in [0, 0.05) is 6.54 Å². The minimum atomic E-state index is -0.458. The maximum Gasteiger partial charge on any atom is 0.343 e. The summed E-state index contributed by atoms with van der Waals surface area (Å²) in [6.07, 6.45) is 2.43. The highest BCUT2D eigenvalue weighted by atomic mass is 127. The molecule has 1 heterocycles. The molecule has 0 saturated carbocycles. The van der Waals surface area contributed by atoms with E-state index in [-0.39, 0.29) is 17.8 Å². The van der Waals surface area contributed by atoms with E-state index in [4.69, 9.17) is 4.74 Å². The molecule has 1 aliphatic heterocycles. The molecule has 0 N–H and O–H groups in total. The fourth-order valence-corrected chi connectivity index (χ4v) is 5.05. The van der Waals surface area contributed by atoms with Crippen LogP contribution in [-0.2, 0) is 14.3 Å². The number of halogens is 2. The number of imide groups is 1. The zero-order valence-electron chi connectivity index (χ0n) is 13.5. The second-order valence-corrected chi connectivity index (χ2v) is 8.33. The summed E-state index contributed by atoms with van der Waals surface area (Å²) in [7, 11) is 1.30. The third kappa shape index (κ3) is 5.09. The van der Waals surface area contributed by atoms with Crippen LogP contribution >= 0.6 is 56.9 Å². The smallest absolute Gasteiger partial charge is 0.343 e. The Morgan fingerprint density at radius 3 is 2.48 bits per heavy atom. The summed E-state index contributed by atoms with van der Waals surface area (Å²) in [5.41, 5.74) is 0.793. The number of carbonyl (C=O) groups is 3. The molecule has 25 heavy (non-hydrogen) atoms. The van der Waals surface area contributed by atoms with Crippen LogP contribution < -0.4 is 4.74 Å². The van der Waals surface area contributed by atoms with Crippen LogP contribution in [0.4, 0.5) is 4.79 Å². The number of benzene rings is 1. The number of rotatable bonds is 6. The van der Waals surface area contributed by atoms with Crippen LogP contribution in [-0.4, -0.2) is 42.3 Å². The Morgan fingerprint density at radius 1 is 1.28 bits per heavy atom. The summed E-state index contributed by atoms with van der Waals surface area (Å²) in [6.45, 7) is 2.18. The Bertz CT molecular complexity index is 727. The van der Waals surface area contributed by atoms with E-state index in [1.165, 1.54) is 12.0 Å². The summed E-state index contributed by atoms with van der Waals surface area (Å²) in [5.74, 6) is -0.129. The summed E-state index contributed by atoms with van der Waals surface area (Å²) in [5, 5.41) is -0.236. The lowest BCUT2D eigenvalue weighted by Gasteiger charge is -2.11. The molecule has 134 valence electrons. The number of hydrogen-bond acceptors (Lipinski definition) is 6. The average Bonchev–Trinajstić information content (AvgIpc) is 2.81. The van der Waals surface area contributed by atoms with E-state index in [1.54, 1.807) is 6.08 Å². The molecule has 6 nitrogen and oxygen atoms in total. The van der Waals surface area contributed by atoms with E-state index in [9.17, 15) is 14.4 Å². The molecule has 2 amide bonds. The van der Waals surface area contributed by atoms with E-state index >= 15 is 0 Å². The number of esters is 1. The third-order valence-corrected chi connectivity index (χ3v) is 5.71. The van der Waals surface area contributed by atoms with Crippen molar-refractivity contribution >= 4 is 80.1 Å². The number of thioether (sulfide) groups is 1. The quantitative estimate of drug-likeness (QED) is 0.286. The molecule has 1 saturated heterocycles. The van der Waals surface area contributed by atoms with Gasteiger partial charge in [-0.05, 0) is 87.1 Å². The Hall–Kier alpha value is -0.820. The molecule has 0 atom stereocenters. The zero-order valence-corrected chi connectivity index (χ0v) is 18.6. The fraction of sp³-hybridized carbons (Fsp3) is 0.312. The van der Waals surface area contributed by atoms with Crippen molar-refractivity contribution in [3.8, 4) is 5.75 Å². The number of ether oxygens (including phenoxy) is 2. The first-order chi connectivity index (χ1) is 11.9. The molecule has 0 radical (unpaired) electrons. The first kappa shape index (κ1) is 20.5. The van der Waals surface area contributed by atoms with E-state index in [2.05, 4.69) is 49.9 Å². The second kappa shape index (κ2) is 9.21. The molecule has 0 aliphatic carbocycles. The van der Waals surface area contributed by atoms with Crippen LogP contribution in [0.5, 0.6) is 5.75 Å². The number of hydrogen-bond donors (Lipinski definition) is 0. The second-order valence-electron chi connectivity index (χ2n) is 5.01. The minimum Gasteiger partial charge on any atom is -0.480 e. The number of methoxy groups -OCH3 is 1. The van der Waals surface area contributed by atoms with E-state index in [1.807, 2.05) is 19.1 Å². The molecule has 1 aromatic rings. The van der Waals surface area contributed by atoms with Crippen molar-refractivity contribution < 1.29 is 23.9 Å². The molecule has 2 rings (SSSR count). The van der Waals surface area contributed by atoms with Gasteiger partial charge in [0.1, 0.15) is 5.75 Å². The van der Waals surface area contributed by atoms with Gasteiger partial charge in [0.05, 0.1) is 19.2 Å². The van der Waals surface area contributed by atoms with Gasteiger partial charge in [0.2, 0.25) is 0 Å². The lowest BCUT2D eigenvalue weighted by atomic mass is 10.2. The van der Waals surface area contributed by atoms with Crippen LogP contribution in [0.3, 0.4) is 0 Å². The highest BCUT2D eigenvalue weighted by Gasteiger charge is 2.34. The number of amides is 2. The van der Waals surface area contributed by atoms with Crippen LogP contribution in [0.15, 0.2) is 17.0 Å². The standard InChI is InChI=1S/C16H15I2NO5S/c1-3-4-19-15(21)12(25-16(19)22)7-9-5-10(17)14(11(18)6-9)24-8-13(20)23-2/h5-7H,3-4,8H2,1-2H3/b12-7+. The van der Waals surface area contributed by atoms with Crippen molar-refractivity contribution in [2.45, 2.75) is 13.3 Å². The van der Waals surface area contributed by atoms with Crippen molar-refractivity contribution in [3.63, 3.8) is 0 Å². The van der Waals surface area contributed by atoms with Gasteiger partial charge in [0.15, 0.2) is 6.61 Å². The van der Waals surface area contributed by atoms with Crippen LogP contribution in [0, 0.1) is 7.14 Å². The van der Waals surface area contributed by atoms with E-state index in [0.717, 1.165) is 30.9 Å². The predicted molar refractivity (Wildman–Crippen MR) is 112 cm³/mol. The molecule has 1 aromatic carbocycles. The normalized spacial score (nSPS) is 15.8. The molecular formula is C16H15I2NO5S. The van der Waals surface area contributed by atoms with Crippen LogP contribution in [0.25, 0.3) is 6.08 Å². The van der Waals surface area contributed by atoms with Gasteiger partial charge in [-0.2, -0.15) is 0 Å². The topological polar surface area (TPSA) is 72.9 Å². The van der Waals surface area contributed by atoms with Gasteiger partial charge in [-0.3, -0.25) is 14.5 Å². The molecular weight excluding hydrogens is 572 g/mol. The van der Waals surface area contributed by atoms with Gasteiger partial charge in [-0.15, -0.1) is 0 Å². The number of nitrogens with zero attached hydrogens (tertiary/aromatic N) is 1. The van der Waals surface area contributed by atoms with Crippen molar-refractivity contribution in [2.75, 3.05) is 20.3 Å². The van der Waals surface area contributed by atoms with Gasteiger partial charge in [-0.1, -0.05) is 6.92 Å². The minimum absolute atomic E-state index is 0.169. The summed E-state index contributed by atoms with van der Waals surface area (Å²) >= 11 is 5.16. The third-order valence-electron chi connectivity index (χ3n) is 3.20. The maximum atomic E-state index is 12.3. The van der Waals surface area contributed by atoms with Crippen molar-refractivity contribution in [1.29, 1.82) is 0 Å². The SMILES string of the molecule is CCCN1C(=O)S/C(=C/c2cc(I)c(OCC(=O)OC)c(I)c2)C1=O. The van der Waals surface area contributed by atoms with Crippen LogP contribution in [0.2, 0.25) is 0 Å². The Balaban J connectivity index is 2.22. The Kier molecular flexibility index (Phi) is 7.55. The lowest BCUT2D eigenvalue weighted by molar-refractivity contribution is -0.143. The van der Waals surface area contributed by atoms with E-state index in [0.29, 0.717) is 17.2 Å². The number of carbonyl (C=O) groups excluding carboxylic acids is 3. The van der Waals surface area contributed by atoms with Crippen molar-refractivity contribution in [3.05, 3.63) is 29.7 Å². The lowest BCUT2D eigenvalue weighted by Crippen LogP contribution is -2.28. The van der Waals surface area contributed by atoms with Crippen molar-refractivity contribution in [1.82, 2.24) is 4.90 Å². The maximum absolute atomic E-state index is 12.3. The summed E-state index contributed by atoms with van der Waals surface area (Å²) in [6, 6.07) is 3.67. The molecule has 0 bridgehead atoms. The molecule has 0 unspecified atom stereocenters. The molecule has 0 spiro atoms. The predicted octanol–water partition coefficient (Wildman–Crippen LogP) is 3.89. The average molecular weight is 587 g/mol. The van der Waals surface area contributed by atoms with Gasteiger partial charge >= 0.3 is 5.97 Å². The van der Waals surface area contributed by atoms with Gasteiger partial charge in [-0.25, -0.2) is 4.79 Å². The van der Waals surface area contributed by atoms with Gasteiger partial charge in [0.25, 0.3) is 11.1 Å². The zero-order chi connectivity index (χ0) is 18.6. The Morgan fingerprint density at radius 2 is 1.92 bits per heavy atom. The molecule has 9 heteroatoms. The first-order valence-corrected chi connectivity index (χ1v) is 10.3. The Labute approximate surface area is 177 Å². The van der Waals surface area contributed by atoms with E-state index < -0.39 is 5.97 Å². The summed E-state index contributed by atoms with van der Waals surface area (Å²) < 4.78 is 11.6. The van der Waals surface area contributed by atoms with Crippen molar-refractivity contribution in [2.24, 2.45) is 0 Å². The summed E-state index contributed by atoms with van der Waals surface area (Å²) in [4.78, 5) is 37.1. The molecule has 1 fully saturated rings. The first-order valence-electron chi connectivity index (χ1n) is 7.31. The monoisotopic (exact) mass is 587 g/mol. The van der Waals surface area contributed by atoms with Gasteiger partial charge < -0.3 is 9.47 Å². The highest BCUT2D eigenvalue weighted by Crippen LogP contribution is 2.34.